The third-order valence-electron chi connectivity index (χ3n) is 5.59. The minimum absolute atomic E-state index is 0.146. The summed E-state index contributed by atoms with van der Waals surface area (Å²) < 4.78 is 12.8. The first-order valence-electron chi connectivity index (χ1n) is 11.3. The lowest BCUT2D eigenvalue weighted by Gasteiger charge is -2.14. The number of hydrogen-bond acceptors (Lipinski definition) is 6. The summed E-state index contributed by atoms with van der Waals surface area (Å²) in [5.74, 6) is -0.0929. The van der Waals surface area contributed by atoms with E-state index in [0.717, 1.165) is 52.3 Å². The van der Waals surface area contributed by atoms with Crippen LogP contribution in [0.15, 0.2) is 24.4 Å². The van der Waals surface area contributed by atoms with Crippen molar-refractivity contribution in [1.29, 1.82) is 0 Å². The van der Waals surface area contributed by atoms with Crippen molar-refractivity contribution in [2.24, 2.45) is 0 Å². The zero-order chi connectivity index (χ0) is 24.4. The van der Waals surface area contributed by atoms with Gasteiger partial charge in [-0.1, -0.05) is 11.6 Å². The van der Waals surface area contributed by atoms with Gasteiger partial charge in [0.25, 0.3) is 5.91 Å². The minimum atomic E-state index is -0.391. The van der Waals surface area contributed by atoms with Gasteiger partial charge in [0.2, 0.25) is 0 Å². The summed E-state index contributed by atoms with van der Waals surface area (Å²) >= 11 is 7.67. The number of nitrogens with zero attached hydrogens (tertiary/aromatic N) is 2. The number of aryl methyl sites for hydroxylation is 3. The molecule has 9 heteroatoms. The van der Waals surface area contributed by atoms with Crippen LogP contribution >= 0.6 is 22.9 Å². The molecule has 0 saturated heterocycles. The first-order chi connectivity index (χ1) is 16.2. The van der Waals surface area contributed by atoms with E-state index in [1.807, 2.05) is 39.8 Å². The Morgan fingerprint density at radius 2 is 1.91 bits per heavy atom. The van der Waals surface area contributed by atoms with Crippen molar-refractivity contribution in [3.63, 3.8) is 0 Å². The molecule has 4 rings (SSSR count). The van der Waals surface area contributed by atoms with Gasteiger partial charge in [-0.25, -0.2) is 9.48 Å². The Bertz CT molecular complexity index is 1210. The topological polar surface area (TPSA) is 82.5 Å². The molecule has 0 fully saturated rings. The van der Waals surface area contributed by atoms with E-state index in [2.05, 4.69) is 10.4 Å². The highest BCUT2D eigenvalue weighted by Crippen LogP contribution is 2.39. The predicted octanol–water partition coefficient (Wildman–Crippen LogP) is 5.95. The second-order valence-electron chi connectivity index (χ2n) is 8.71. The van der Waals surface area contributed by atoms with Gasteiger partial charge < -0.3 is 14.8 Å². The van der Waals surface area contributed by atoms with Gasteiger partial charge in [-0.3, -0.25) is 4.79 Å². The van der Waals surface area contributed by atoms with Crippen LogP contribution in [-0.2, 0) is 24.3 Å². The van der Waals surface area contributed by atoms with Crippen molar-refractivity contribution >= 4 is 39.8 Å². The van der Waals surface area contributed by atoms with Gasteiger partial charge >= 0.3 is 5.97 Å². The Labute approximate surface area is 208 Å². The maximum atomic E-state index is 13.0. The number of carbonyl (C=O) groups excluding carboxylic acids is 2. The highest BCUT2D eigenvalue weighted by molar-refractivity contribution is 7.17. The zero-order valence-corrected chi connectivity index (χ0v) is 21.3. The summed E-state index contributed by atoms with van der Waals surface area (Å²) in [7, 11) is 0. The van der Waals surface area contributed by atoms with Gasteiger partial charge in [-0.2, -0.15) is 5.10 Å². The molecule has 0 spiro atoms. The van der Waals surface area contributed by atoms with Crippen LogP contribution in [0.3, 0.4) is 0 Å². The molecule has 1 aliphatic carbocycles. The number of ether oxygens (including phenoxy) is 2. The summed E-state index contributed by atoms with van der Waals surface area (Å²) in [5, 5.41) is 8.47. The maximum absolute atomic E-state index is 13.0. The van der Waals surface area contributed by atoms with Crippen LogP contribution in [0.1, 0.15) is 69.1 Å². The number of thiophene rings is 1. The molecule has 180 valence electrons. The highest BCUT2D eigenvalue weighted by atomic mass is 35.5. The lowest BCUT2D eigenvalue weighted by Crippen LogP contribution is -2.18. The standard InChI is InChI=1S/C25H28ClN3O4S/c1-14(2)33-25(31)21-18-7-5-6-8-20(18)34-24(21)27-23(30)19-9-10-29(28-19)13-32-17-11-15(3)22(26)16(4)12-17/h9-12,14H,5-8,13H2,1-4H3,(H,27,30). The number of benzene rings is 1. The Balaban J connectivity index is 1.48. The lowest BCUT2D eigenvalue weighted by molar-refractivity contribution is 0.0378. The fourth-order valence-corrected chi connectivity index (χ4v) is 5.38. The van der Waals surface area contributed by atoms with E-state index in [0.29, 0.717) is 16.3 Å². The molecule has 0 unspecified atom stereocenters. The number of rotatable bonds is 7. The lowest BCUT2D eigenvalue weighted by atomic mass is 9.95. The van der Waals surface area contributed by atoms with E-state index in [1.165, 1.54) is 11.3 Å². The smallest absolute Gasteiger partial charge is 0.341 e. The van der Waals surface area contributed by atoms with Crippen LogP contribution in [0.5, 0.6) is 5.75 Å². The van der Waals surface area contributed by atoms with Gasteiger partial charge in [-0.05, 0) is 88.3 Å². The number of aromatic nitrogens is 2. The van der Waals surface area contributed by atoms with Crippen molar-refractivity contribution in [1.82, 2.24) is 9.78 Å². The van der Waals surface area contributed by atoms with Gasteiger partial charge in [-0.15, -0.1) is 11.3 Å². The average molecular weight is 502 g/mol. The molecular formula is C25H28ClN3O4S. The van der Waals surface area contributed by atoms with Crippen LogP contribution in [0, 0.1) is 13.8 Å². The molecule has 1 N–H and O–H groups in total. The quantitative estimate of drug-likeness (QED) is 0.404. The van der Waals surface area contributed by atoms with Crippen molar-refractivity contribution in [2.75, 3.05) is 5.32 Å². The van der Waals surface area contributed by atoms with E-state index in [4.69, 9.17) is 21.1 Å². The normalized spacial score (nSPS) is 13.0. The largest absolute Gasteiger partial charge is 0.471 e. The third kappa shape index (κ3) is 5.28. The van der Waals surface area contributed by atoms with E-state index in [1.54, 1.807) is 16.9 Å². The van der Waals surface area contributed by atoms with E-state index >= 15 is 0 Å². The van der Waals surface area contributed by atoms with Crippen molar-refractivity contribution in [3.8, 4) is 5.75 Å². The number of carbonyl (C=O) groups is 2. The molecule has 7 nitrogen and oxygen atoms in total. The van der Waals surface area contributed by atoms with Gasteiger partial charge in [0.05, 0.1) is 11.7 Å². The Kier molecular flexibility index (Phi) is 7.28. The molecular weight excluding hydrogens is 474 g/mol. The average Bonchev–Trinajstić information content (AvgIpc) is 3.40. The molecule has 0 aliphatic heterocycles. The molecule has 1 aromatic carbocycles. The molecule has 1 aliphatic rings. The number of hydrogen-bond donors (Lipinski definition) is 1. The Morgan fingerprint density at radius 3 is 2.62 bits per heavy atom. The molecule has 0 atom stereocenters. The Morgan fingerprint density at radius 1 is 1.21 bits per heavy atom. The maximum Gasteiger partial charge on any atom is 0.341 e. The fraction of sp³-hybridized carbons (Fsp3) is 0.400. The van der Waals surface area contributed by atoms with Crippen molar-refractivity contribution in [3.05, 3.63) is 62.2 Å². The SMILES string of the molecule is Cc1cc(OCn2ccc(C(=O)Nc3sc4c(c3C(=O)OC(C)C)CCCC4)n2)cc(C)c1Cl. The molecule has 2 heterocycles. The van der Waals surface area contributed by atoms with Crippen LogP contribution in [0.2, 0.25) is 5.02 Å². The van der Waals surface area contributed by atoms with Gasteiger partial charge in [0.1, 0.15) is 10.8 Å². The van der Waals surface area contributed by atoms with Crippen LogP contribution in [-0.4, -0.2) is 27.8 Å². The first-order valence-corrected chi connectivity index (χ1v) is 12.5. The van der Waals surface area contributed by atoms with Crippen molar-refractivity contribution in [2.45, 2.75) is 66.2 Å². The van der Waals surface area contributed by atoms with Gasteiger partial charge in [0.15, 0.2) is 12.4 Å². The Hall–Kier alpha value is -2.84. The third-order valence-corrected chi connectivity index (χ3v) is 7.40. The summed E-state index contributed by atoms with van der Waals surface area (Å²) in [6.07, 6.45) is 5.27. The predicted molar refractivity (Wildman–Crippen MR) is 133 cm³/mol. The summed E-state index contributed by atoms with van der Waals surface area (Å²) in [6.45, 7) is 7.62. The van der Waals surface area contributed by atoms with E-state index in [9.17, 15) is 9.59 Å². The molecule has 3 aromatic rings. The summed E-state index contributed by atoms with van der Waals surface area (Å²) in [6, 6.07) is 5.35. The molecule has 0 saturated carbocycles. The van der Waals surface area contributed by atoms with E-state index in [-0.39, 0.29) is 24.4 Å². The molecule has 0 radical (unpaired) electrons. The summed E-state index contributed by atoms with van der Waals surface area (Å²) in [5.41, 5.74) is 3.59. The zero-order valence-electron chi connectivity index (χ0n) is 19.7. The van der Waals surface area contributed by atoms with E-state index < -0.39 is 5.97 Å². The van der Waals surface area contributed by atoms with Crippen LogP contribution in [0.4, 0.5) is 5.00 Å². The molecule has 34 heavy (non-hydrogen) atoms. The molecule has 2 aromatic heterocycles. The molecule has 0 bridgehead atoms. The minimum Gasteiger partial charge on any atom is -0.471 e. The second kappa shape index (κ2) is 10.2. The first kappa shape index (κ1) is 24.3. The number of nitrogens with one attached hydrogen (secondary N) is 1. The number of esters is 1. The van der Waals surface area contributed by atoms with Gasteiger partial charge in [0, 0.05) is 16.1 Å². The monoisotopic (exact) mass is 501 g/mol. The molecule has 1 amide bonds. The summed E-state index contributed by atoms with van der Waals surface area (Å²) in [4.78, 5) is 26.9. The second-order valence-corrected chi connectivity index (χ2v) is 10.2. The van der Waals surface area contributed by atoms with Crippen molar-refractivity contribution < 1.29 is 19.1 Å². The number of halogens is 1. The number of amides is 1. The fourth-order valence-electron chi connectivity index (χ4n) is 3.99. The number of anilines is 1. The highest BCUT2D eigenvalue weighted by Gasteiger charge is 2.28. The van der Waals surface area contributed by atoms with Crippen LogP contribution in [0.25, 0.3) is 0 Å². The number of fused-ring (bicyclic) bond motifs is 1. The van der Waals surface area contributed by atoms with Crippen LogP contribution < -0.4 is 10.1 Å².